The number of carboxylic acids is 1. The van der Waals surface area contributed by atoms with Crippen LogP contribution in [0.1, 0.15) is 15.9 Å². The number of hydrogen-bond acceptors (Lipinski definition) is 6. The Morgan fingerprint density at radius 3 is 2.31 bits per heavy atom. The lowest BCUT2D eigenvalue weighted by Crippen LogP contribution is -2.48. The molecule has 0 heterocycles. The summed E-state index contributed by atoms with van der Waals surface area (Å²) in [6.45, 7) is 0.525. The first-order valence-corrected chi connectivity index (χ1v) is 11.0. The molecule has 32 heavy (non-hydrogen) atoms. The number of benzene rings is 2. The zero-order valence-electron chi connectivity index (χ0n) is 17.1. The average molecular weight is 464 g/mol. The number of carboxylic acid groups (broad SMARTS) is 1. The number of nitrogens with two attached hydrogens (primary N) is 2. The first-order chi connectivity index (χ1) is 15.2. The highest BCUT2D eigenvalue weighted by molar-refractivity contribution is 7.89. The zero-order chi connectivity index (χ0) is 23.6. The van der Waals surface area contributed by atoms with Gasteiger partial charge in [-0.1, -0.05) is 30.3 Å². The SMILES string of the molecule is NC(N)=NCCOCc1ccc(C(=O)NC[C@H](NS(=O)(=O)c2ccccc2)C(=O)O)cc1. The van der Waals surface area contributed by atoms with Crippen LogP contribution in [0.25, 0.3) is 0 Å². The third kappa shape index (κ3) is 7.98. The number of aliphatic carboxylic acids is 1. The van der Waals surface area contributed by atoms with E-state index in [0.29, 0.717) is 19.8 Å². The first kappa shape index (κ1) is 24.8. The molecule has 0 spiro atoms. The van der Waals surface area contributed by atoms with Crippen LogP contribution in [0.3, 0.4) is 0 Å². The standard InChI is InChI=1S/C20H25N5O6S/c21-20(22)23-10-11-31-13-14-6-8-15(9-7-14)18(26)24-12-17(19(27)28)25-32(29,30)16-4-2-1-3-5-16/h1-9,17,25H,10-13H2,(H,24,26)(H,27,28)(H4,21,22,23)/t17-/m0/s1. The third-order valence-electron chi connectivity index (χ3n) is 4.13. The van der Waals surface area contributed by atoms with Crippen LogP contribution >= 0.6 is 0 Å². The van der Waals surface area contributed by atoms with Gasteiger partial charge in [0.1, 0.15) is 6.04 Å². The van der Waals surface area contributed by atoms with Crippen molar-refractivity contribution in [3.8, 4) is 0 Å². The van der Waals surface area contributed by atoms with E-state index in [1.807, 2.05) is 0 Å². The normalized spacial score (nSPS) is 12.0. The molecule has 2 aromatic rings. The Hall–Kier alpha value is -3.48. The van der Waals surface area contributed by atoms with Gasteiger partial charge in [-0.15, -0.1) is 0 Å². The number of guanidine groups is 1. The molecule has 0 unspecified atom stereocenters. The van der Waals surface area contributed by atoms with Crippen LogP contribution in [0.15, 0.2) is 64.5 Å². The van der Waals surface area contributed by atoms with Crippen molar-refractivity contribution in [1.29, 1.82) is 0 Å². The Balaban J connectivity index is 1.89. The summed E-state index contributed by atoms with van der Waals surface area (Å²) in [4.78, 5) is 27.5. The number of ether oxygens (including phenoxy) is 1. The summed E-state index contributed by atoms with van der Waals surface area (Å²) in [5.74, 6) is -1.98. The van der Waals surface area contributed by atoms with Gasteiger partial charge in [-0.3, -0.25) is 14.6 Å². The first-order valence-electron chi connectivity index (χ1n) is 9.49. The Kier molecular flexibility index (Phi) is 9.13. The molecule has 0 saturated heterocycles. The van der Waals surface area contributed by atoms with Crippen LogP contribution < -0.4 is 21.5 Å². The number of amides is 1. The van der Waals surface area contributed by atoms with E-state index in [-0.39, 0.29) is 16.4 Å². The van der Waals surface area contributed by atoms with E-state index in [4.69, 9.17) is 16.2 Å². The fourth-order valence-corrected chi connectivity index (χ4v) is 3.72. The maximum Gasteiger partial charge on any atom is 0.323 e. The molecule has 0 radical (unpaired) electrons. The van der Waals surface area contributed by atoms with E-state index in [1.54, 1.807) is 30.3 Å². The number of hydrogen-bond donors (Lipinski definition) is 5. The lowest BCUT2D eigenvalue weighted by molar-refractivity contribution is -0.138. The topological polar surface area (TPSA) is 186 Å². The van der Waals surface area contributed by atoms with Crippen molar-refractivity contribution in [3.63, 3.8) is 0 Å². The molecule has 1 atom stereocenters. The van der Waals surface area contributed by atoms with Crippen LogP contribution in [0.2, 0.25) is 0 Å². The summed E-state index contributed by atoms with van der Waals surface area (Å²) >= 11 is 0. The maximum atomic E-state index is 12.3. The van der Waals surface area contributed by atoms with Gasteiger partial charge < -0.3 is 26.6 Å². The van der Waals surface area contributed by atoms with Gasteiger partial charge in [0.25, 0.3) is 5.91 Å². The molecule has 1 amide bonds. The van der Waals surface area contributed by atoms with Gasteiger partial charge >= 0.3 is 5.97 Å². The van der Waals surface area contributed by atoms with E-state index >= 15 is 0 Å². The molecule has 11 nitrogen and oxygen atoms in total. The fourth-order valence-electron chi connectivity index (χ4n) is 2.51. The lowest BCUT2D eigenvalue weighted by atomic mass is 10.1. The second-order valence-electron chi connectivity index (χ2n) is 6.59. The molecule has 7 N–H and O–H groups in total. The number of sulfonamides is 1. The molecule has 0 aliphatic rings. The molecule has 2 rings (SSSR count). The highest BCUT2D eigenvalue weighted by Crippen LogP contribution is 2.09. The minimum Gasteiger partial charge on any atom is -0.480 e. The van der Waals surface area contributed by atoms with Crippen LogP contribution in [0, 0.1) is 0 Å². The highest BCUT2D eigenvalue weighted by Gasteiger charge is 2.25. The second-order valence-corrected chi connectivity index (χ2v) is 8.31. The van der Waals surface area contributed by atoms with Gasteiger partial charge in [-0.25, -0.2) is 8.42 Å². The minimum atomic E-state index is -4.06. The van der Waals surface area contributed by atoms with E-state index in [9.17, 15) is 23.1 Å². The molecular weight excluding hydrogens is 438 g/mol. The number of carbonyl (C=O) groups is 2. The molecule has 0 fully saturated rings. The summed E-state index contributed by atoms with van der Waals surface area (Å²) in [6, 6.07) is 12.3. The molecule has 0 saturated carbocycles. The van der Waals surface area contributed by atoms with Gasteiger partial charge in [0.15, 0.2) is 5.96 Å². The smallest absolute Gasteiger partial charge is 0.323 e. The number of carbonyl (C=O) groups excluding carboxylic acids is 1. The molecular formula is C20H25N5O6S. The summed E-state index contributed by atoms with van der Waals surface area (Å²) in [5, 5.41) is 11.8. The number of nitrogens with one attached hydrogen (secondary N) is 2. The van der Waals surface area contributed by atoms with Gasteiger partial charge in [0.05, 0.1) is 24.7 Å². The average Bonchev–Trinajstić information content (AvgIpc) is 2.76. The molecule has 172 valence electrons. The van der Waals surface area contributed by atoms with Crippen LogP contribution in [-0.4, -0.2) is 57.1 Å². The number of nitrogens with zero attached hydrogens (tertiary/aromatic N) is 1. The number of rotatable bonds is 12. The van der Waals surface area contributed by atoms with Crippen molar-refractivity contribution in [3.05, 3.63) is 65.7 Å². The van der Waals surface area contributed by atoms with Crippen molar-refractivity contribution in [2.75, 3.05) is 19.7 Å². The predicted molar refractivity (Wildman–Crippen MR) is 117 cm³/mol. The van der Waals surface area contributed by atoms with Crippen molar-refractivity contribution < 1.29 is 27.9 Å². The molecule has 12 heteroatoms. The highest BCUT2D eigenvalue weighted by atomic mass is 32.2. The van der Waals surface area contributed by atoms with Crippen molar-refractivity contribution in [2.45, 2.75) is 17.5 Å². The Bertz CT molecular complexity index is 1040. The van der Waals surface area contributed by atoms with Gasteiger partial charge in [0, 0.05) is 12.1 Å². The summed E-state index contributed by atoms with van der Waals surface area (Å²) in [5.41, 5.74) is 11.5. The van der Waals surface area contributed by atoms with Crippen LogP contribution in [-0.2, 0) is 26.2 Å². The van der Waals surface area contributed by atoms with Crippen molar-refractivity contribution >= 4 is 27.9 Å². The summed E-state index contributed by atoms with van der Waals surface area (Å²) in [7, 11) is -4.06. The quantitative estimate of drug-likeness (QED) is 0.160. The summed E-state index contributed by atoms with van der Waals surface area (Å²) < 4.78 is 32.2. The van der Waals surface area contributed by atoms with Gasteiger partial charge in [-0.2, -0.15) is 4.72 Å². The zero-order valence-corrected chi connectivity index (χ0v) is 17.9. The molecule has 0 bridgehead atoms. The van der Waals surface area contributed by atoms with Crippen molar-refractivity contribution in [1.82, 2.24) is 10.0 Å². The molecule has 0 aliphatic carbocycles. The Labute approximate surface area is 185 Å². The minimum absolute atomic E-state index is 0.0121. The van der Waals surface area contributed by atoms with E-state index in [0.717, 1.165) is 5.56 Å². The van der Waals surface area contributed by atoms with Gasteiger partial charge in [0.2, 0.25) is 10.0 Å². The van der Waals surface area contributed by atoms with Crippen LogP contribution in [0.4, 0.5) is 0 Å². The van der Waals surface area contributed by atoms with E-state index in [2.05, 4.69) is 15.0 Å². The predicted octanol–water partition coefficient (Wildman–Crippen LogP) is -0.362. The molecule has 0 aliphatic heterocycles. The number of aliphatic imine (C=N–C) groups is 1. The second kappa shape index (κ2) is 11.8. The van der Waals surface area contributed by atoms with Crippen molar-refractivity contribution in [2.24, 2.45) is 16.5 Å². The Morgan fingerprint density at radius 2 is 1.72 bits per heavy atom. The largest absolute Gasteiger partial charge is 0.480 e. The van der Waals surface area contributed by atoms with Crippen LogP contribution in [0.5, 0.6) is 0 Å². The summed E-state index contributed by atoms with van der Waals surface area (Å²) in [6.07, 6.45) is 0. The van der Waals surface area contributed by atoms with E-state index in [1.165, 1.54) is 24.3 Å². The lowest BCUT2D eigenvalue weighted by Gasteiger charge is -2.15. The van der Waals surface area contributed by atoms with E-state index < -0.39 is 34.5 Å². The molecule has 2 aromatic carbocycles. The Morgan fingerprint density at radius 1 is 1.06 bits per heavy atom. The molecule has 0 aromatic heterocycles. The fraction of sp³-hybridized carbons (Fsp3) is 0.250. The van der Waals surface area contributed by atoms with Gasteiger partial charge in [-0.05, 0) is 29.8 Å². The monoisotopic (exact) mass is 463 g/mol. The third-order valence-corrected chi connectivity index (χ3v) is 5.62. The maximum absolute atomic E-state index is 12.3.